The predicted molar refractivity (Wildman–Crippen MR) is 42.8 cm³/mol. The van der Waals surface area contributed by atoms with E-state index in [1.54, 1.807) is 13.8 Å². The van der Waals surface area contributed by atoms with E-state index >= 15 is 0 Å². The third kappa shape index (κ3) is 5.46. The maximum Gasteiger partial charge on any atom is 0.327 e. The van der Waals surface area contributed by atoms with Crippen LogP contribution in [0.1, 0.15) is 20.3 Å². The van der Waals surface area contributed by atoms with Crippen molar-refractivity contribution in [1.29, 1.82) is 0 Å². The molecule has 0 aliphatic carbocycles. The Morgan fingerprint density at radius 1 is 1.33 bits per heavy atom. The van der Waals surface area contributed by atoms with Gasteiger partial charge in [-0.05, 0) is 5.41 Å². The molecule has 0 aromatic carbocycles. The van der Waals surface area contributed by atoms with E-state index in [9.17, 15) is 9.59 Å². The summed E-state index contributed by atoms with van der Waals surface area (Å²) in [6.07, 6.45) is 2.27. The summed E-state index contributed by atoms with van der Waals surface area (Å²) in [4.78, 5) is 20.4. The van der Waals surface area contributed by atoms with Crippen molar-refractivity contribution < 1.29 is 19.8 Å². The number of allylic oxidation sites excluding steroid dienone is 1. The second-order valence-electron chi connectivity index (χ2n) is 3.23. The molecule has 0 atom stereocenters. The maximum absolute atomic E-state index is 10.3. The van der Waals surface area contributed by atoms with Crippen LogP contribution in [0.3, 0.4) is 0 Å². The summed E-state index contributed by atoms with van der Waals surface area (Å²) in [6, 6.07) is 0. The fourth-order valence-electron chi connectivity index (χ4n) is 0.746. The highest BCUT2D eigenvalue weighted by Gasteiger charge is 2.18. The van der Waals surface area contributed by atoms with Crippen molar-refractivity contribution >= 4 is 11.9 Å². The summed E-state index contributed by atoms with van der Waals surface area (Å²) >= 11 is 0. The van der Waals surface area contributed by atoms with Gasteiger partial charge in [-0.1, -0.05) is 19.9 Å². The fraction of sp³-hybridized carbons (Fsp3) is 0.500. The zero-order chi connectivity index (χ0) is 9.78. The molecule has 4 heteroatoms. The lowest BCUT2D eigenvalue weighted by Gasteiger charge is -2.15. The Morgan fingerprint density at radius 2 is 1.83 bits per heavy atom. The Hall–Kier alpha value is -1.32. The van der Waals surface area contributed by atoms with Gasteiger partial charge in [-0.15, -0.1) is 0 Å². The molecule has 0 radical (unpaired) electrons. The van der Waals surface area contributed by atoms with E-state index in [1.807, 2.05) is 0 Å². The average Bonchev–Trinajstić information content (AvgIpc) is 1.81. The summed E-state index contributed by atoms with van der Waals surface area (Å²) in [5, 5.41) is 16.7. The molecular weight excluding hydrogens is 160 g/mol. The Morgan fingerprint density at radius 3 is 2.17 bits per heavy atom. The molecule has 0 saturated carbocycles. The van der Waals surface area contributed by atoms with Crippen LogP contribution in [-0.4, -0.2) is 22.2 Å². The summed E-state index contributed by atoms with van der Waals surface area (Å²) in [7, 11) is 0. The van der Waals surface area contributed by atoms with Gasteiger partial charge in [0.2, 0.25) is 0 Å². The van der Waals surface area contributed by atoms with Gasteiger partial charge in [-0.25, -0.2) is 4.79 Å². The van der Waals surface area contributed by atoms with E-state index in [0.717, 1.165) is 6.08 Å². The van der Waals surface area contributed by atoms with E-state index in [-0.39, 0.29) is 6.42 Å². The van der Waals surface area contributed by atoms with E-state index < -0.39 is 17.4 Å². The van der Waals surface area contributed by atoms with Gasteiger partial charge in [-0.3, -0.25) is 4.79 Å². The lowest BCUT2D eigenvalue weighted by atomic mass is 9.89. The van der Waals surface area contributed by atoms with Crippen LogP contribution in [0.25, 0.3) is 0 Å². The zero-order valence-corrected chi connectivity index (χ0v) is 7.07. The highest BCUT2D eigenvalue weighted by molar-refractivity contribution is 5.80. The van der Waals surface area contributed by atoms with E-state index in [0.29, 0.717) is 0 Å². The molecule has 0 fully saturated rings. The minimum atomic E-state index is -1.06. The quantitative estimate of drug-likeness (QED) is 0.623. The molecule has 0 unspecified atom stereocenters. The van der Waals surface area contributed by atoms with Gasteiger partial charge in [0.1, 0.15) is 0 Å². The number of carboxylic acid groups (broad SMARTS) is 2. The van der Waals surface area contributed by atoms with Crippen molar-refractivity contribution in [3.05, 3.63) is 12.2 Å². The smallest absolute Gasteiger partial charge is 0.327 e. The second kappa shape index (κ2) is 3.90. The van der Waals surface area contributed by atoms with E-state index in [4.69, 9.17) is 10.2 Å². The first-order valence-electron chi connectivity index (χ1n) is 3.47. The summed E-state index contributed by atoms with van der Waals surface area (Å²) in [6.45, 7) is 3.33. The number of rotatable bonds is 4. The molecule has 0 aromatic heterocycles. The largest absolute Gasteiger partial charge is 0.481 e. The Balaban J connectivity index is 4.21. The standard InChI is InChI=1S/C8H12O4/c1-8(2,5-7(11)12)4-3-6(9)10/h3-4H,5H2,1-2H3,(H,9,10)(H,11,12)/b4-3+. The number of aliphatic carboxylic acids is 2. The lowest BCUT2D eigenvalue weighted by Crippen LogP contribution is -2.14. The van der Waals surface area contributed by atoms with Gasteiger partial charge in [0.25, 0.3) is 0 Å². The van der Waals surface area contributed by atoms with Crippen LogP contribution in [0.15, 0.2) is 12.2 Å². The lowest BCUT2D eigenvalue weighted by molar-refractivity contribution is -0.139. The predicted octanol–water partition coefficient (Wildman–Crippen LogP) is 1.13. The van der Waals surface area contributed by atoms with Crippen molar-refractivity contribution in [3.63, 3.8) is 0 Å². The van der Waals surface area contributed by atoms with Crippen LogP contribution < -0.4 is 0 Å². The van der Waals surface area contributed by atoms with Crippen LogP contribution >= 0.6 is 0 Å². The zero-order valence-electron chi connectivity index (χ0n) is 7.07. The van der Waals surface area contributed by atoms with Gasteiger partial charge >= 0.3 is 11.9 Å². The number of hydrogen-bond donors (Lipinski definition) is 2. The normalized spacial score (nSPS) is 11.8. The molecule has 4 nitrogen and oxygen atoms in total. The van der Waals surface area contributed by atoms with Gasteiger partial charge in [0.05, 0.1) is 6.42 Å². The van der Waals surface area contributed by atoms with Crippen LogP contribution in [0, 0.1) is 5.41 Å². The number of carboxylic acids is 2. The van der Waals surface area contributed by atoms with Crippen molar-refractivity contribution in [2.75, 3.05) is 0 Å². The monoisotopic (exact) mass is 172 g/mol. The molecule has 2 N–H and O–H groups in total. The van der Waals surface area contributed by atoms with Gasteiger partial charge < -0.3 is 10.2 Å². The molecule has 68 valence electrons. The van der Waals surface area contributed by atoms with E-state index in [2.05, 4.69) is 0 Å². The van der Waals surface area contributed by atoms with Crippen molar-refractivity contribution in [3.8, 4) is 0 Å². The average molecular weight is 172 g/mol. The number of carbonyl (C=O) groups is 2. The molecule has 0 spiro atoms. The molecule has 0 aliphatic rings. The molecule has 0 aliphatic heterocycles. The molecule has 0 amide bonds. The molecule has 12 heavy (non-hydrogen) atoms. The molecule has 0 heterocycles. The number of hydrogen-bond acceptors (Lipinski definition) is 2. The summed E-state index contributed by atoms with van der Waals surface area (Å²) < 4.78 is 0. The third-order valence-electron chi connectivity index (χ3n) is 1.28. The molecular formula is C8H12O4. The summed E-state index contributed by atoms with van der Waals surface area (Å²) in [5.74, 6) is -2.00. The minimum Gasteiger partial charge on any atom is -0.481 e. The first-order valence-corrected chi connectivity index (χ1v) is 3.47. The Labute approximate surface area is 70.5 Å². The van der Waals surface area contributed by atoms with Gasteiger partial charge in [-0.2, -0.15) is 0 Å². The van der Waals surface area contributed by atoms with E-state index in [1.165, 1.54) is 6.08 Å². The molecule has 0 saturated heterocycles. The first-order chi connectivity index (χ1) is 5.33. The van der Waals surface area contributed by atoms with Crippen LogP contribution in [-0.2, 0) is 9.59 Å². The first kappa shape index (κ1) is 10.7. The van der Waals surface area contributed by atoms with Crippen LogP contribution in [0.5, 0.6) is 0 Å². The highest BCUT2D eigenvalue weighted by Crippen LogP contribution is 2.21. The second-order valence-corrected chi connectivity index (χ2v) is 3.23. The van der Waals surface area contributed by atoms with Crippen molar-refractivity contribution in [2.45, 2.75) is 20.3 Å². The topological polar surface area (TPSA) is 74.6 Å². The minimum absolute atomic E-state index is 0.0726. The Bertz CT molecular complexity index is 215. The molecule has 0 rings (SSSR count). The molecule has 0 aromatic rings. The maximum atomic E-state index is 10.3. The fourth-order valence-corrected chi connectivity index (χ4v) is 0.746. The summed E-state index contributed by atoms with van der Waals surface area (Å²) in [5.41, 5.74) is -0.607. The van der Waals surface area contributed by atoms with Crippen LogP contribution in [0.4, 0.5) is 0 Å². The van der Waals surface area contributed by atoms with Crippen molar-refractivity contribution in [1.82, 2.24) is 0 Å². The van der Waals surface area contributed by atoms with Gasteiger partial charge in [0, 0.05) is 6.08 Å². The third-order valence-corrected chi connectivity index (χ3v) is 1.28. The van der Waals surface area contributed by atoms with Crippen LogP contribution in [0.2, 0.25) is 0 Å². The molecule has 0 bridgehead atoms. The highest BCUT2D eigenvalue weighted by atomic mass is 16.4. The van der Waals surface area contributed by atoms with Crippen molar-refractivity contribution in [2.24, 2.45) is 5.41 Å². The SMILES string of the molecule is CC(C)(/C=C/C(=O)O)CC(=O)O. The Kier molecular flexibility index (Phi) is 3.47. The van der Waals surface area contributed by atoms with Gasteiger partial charge in [0.15, 0.2) is 0 Å².